The number of halogens is 4. The lowest BCUT2D eigenvalue weighted by Gasteiger charge is -2.25. The number of guanidine groups is 1. The molecule has 11 heteroatoms. The van der Waals surface area contributed by atoms with Gasteiger partial charge in [-0.15, -0.1) is 24.0 Å². The standard InChI is InChI=1S/C17H21ClF2N6O.HI/c1-2-21-17(25-13-4-6-15-23-10-24-26(15)9-13)22-8-11-7-12(18)3-5-14(11)27-16(19)20;/h3,5,7,10,13,16H,2,4,6,8-9H2,1H3,(H2,21,22,25);1H. The number of ether oxygens (including phenoxy) is 1. The number of alkyl halides is 2. The molecule has 2 N–H and O–H groups in total. The molecular weight excluding hydrogens is 505 g/mol. The monoisotopic (exact) mass is 526 g/mol. The number of aromatic nitrogens is 3. The maximum Gasteiger partial charge on any atom is 0.387 e. The normalized spacial score (nSPS) is 16.3. The highest BCUT2D eigenvalue weighted by molar-refractivity contribution is 14.0. The average molecular weight is 527 g/mol. The molecule has 28 heavy (non-hydrogen) atoms. The lowest BCUT2D eigenvalue weighted by atomic mass is 10.1. The number of rotatable bonds is 6. The van der Waals surface area contributed by atoms with E-state index < -0.39 is 6.61 Å². The van der Waals surface area contributed by atoms with Gasteiger partial charge in [-0.3, -0.25) is 0 Å². The van der Waals surface area contributed by atoms with Crippen molar-refractivity contribution in [2.75, 3.05) is 6.54 Å². The van der Waals surface area contributed by atoms with Crippen LogP contribution in [0.25, 0.3) is 0 Å². The third-order valence-corrected chi connectivity index (χ3v) is 4.37. The summed E-state index contributed by atoms with van der Waals surface area (Å²) in [6.07, 6.45) is 3.29. The minimum Gasteiger partial charge on any atom is -0.434 e. The van der Waals surface area contributed by atoms with Crippen molar-refractivity contribution in [3.8, 4) is 5.75 Å². The summed E-state index contributed by atoms with van der Waals surface area (Å²) in [6.45, 7) is 0.566. The van der Waals surface area contributed by atoms with E-state index in [4.69, 9.17) is 11.6 Å². The molecule has 0 fully saturated rings. The summed E-state index contributed by atoms with van der Waals surface area (Å²) >= 11 is 5.98. The Balaban J connectivity index is 0.00000280. The van der Waals surface area contributed by atoms with Gasteiger partial charge in [0.2, 0.25) is 0 Å². The van der Waals surface area contributed by atoms with E-state index in [1.54, 1.807) is 12.4 Å². The number of aryl methyl sites for hydroxylation is 1. The molecule has 1 aliphatic rings. The largest absolute Gasteiger partial charge is 0.434 e. The van der Waals surface area contributed by atoms with Gasteiger partial charge in [0.25, 0.3) is 0 Å². The number of nitrogens with zero attached hydrogens (tertiary/aromatic N) is 4. The molecule has 2 heterocycles. The molecule has 0 saturated carbocycles. The average Bonchev–Trinajstić information content (AvgIpc) is 3.09. The quantitative estimate of drug-likeness (QED) is 0.343. The molecule has 0 radical (unpaired) electrons. The Morgan fingerprint density at radius 1 is 1.46 bits per heavy atom. The van der Waals surface area contributed by atoms with Crippen molar-refractivity contribution in [2.45, 2.75) is 45.5 Å². The van der Waals surface area contributed by atoms with Gasteiger partial charge in [0, 0.05) is 29.6 Å². The van der Waals surface area contributed by atoms with Crippen molar-refractivity contribution >= 4 is 41.5 Å². The van der Waals surface area contributed by atoms with Crippen LogP contribution in [0.3, 0.4) is 0 Å². The Kier molecular flexibility index (Phi) is 8.67. The molecule has 1 aromatic carbocycles. The predicted molar refractivity (Wildman–Crippen MR) is 114 cm³/mol. The fourth-order valence-electron chi connectivity index (χ4n) is 2.92. The second-order valence-corrected chi connectivity index (χ2v) is 6.50. The van der Waals surface area contributed by atoms with Gasteiger partial charge in [0.05, 0.1) is 13.1 Å². The number of aliphatic imine (C=N–C) groups is 1. The highest BCUT2D eigenvalue weighted by Crippen LogP contribution is 2.25. The molecule has 0 bridgehead atoms. The van der Waals surface area contributed by atoms with E-state index in [2.05, 4.69) is 30.4 Å². The summed E-state index contributed by atoms with van der Waals surface area (Å²) < 4.78 is 31.6. The van der Waals surface area contributed by atoms with Crippen LogP contribution in [0.1, 0.15) is 24.7 Å². The smallest absolute Gasteiger partial charge is 0.387 e. The number of benzene rings is 1. The van der Waals surface area contributed by atoms with Crippen molar-refractivity contribution in [3.05, 3.63) is 40.9 Å². The number of nitrogens with one attached hydrogen (secondary N) is 2. The molecule has 0 amide bonds. The van der Waals surface area contributed by atoms with Gasteiger partial charge in [-0.25, -0.2) is 14.7 Å². The minimum atomic E-state index is -2.90. The van der Waals surface area contributed by atoms with Crippen LogP contribution in [-0.4, -0.2) is 39.9 Å². The number of hydrogen-bond donors (Lipinski definition) is 2. The van der Waals surface area contributed by atoms with Crippen molar-refractivity contribution in [2.24, 2.45) is 4.99 Å². The van der Waals surface area contributed by atoms with E-state index in [0.29, 0.717) is 29.6 Å². The SMILES string of the molecule is CCNC(=NCc1cc(Cl)ccc1OC(F)F)NC1CCc2ncnn2C1.I. The van der Waals surface area contributed by atoms with Gasteiger partial charge in [0.1, 0.15) is 17.9 Å². The molecule has 1 atom stereocenters. The lowest BCUT2D eigenvalue weighted by Crippen LogP contribution is -2.47. The Bertz CT molecular complexity index is 804. The van der Waals surface area contributed by atoms with Gasteiger partial charge in [0.15, 0.2) is 5.96 Å². The van der Waals surface area contributed by atoms with E-state index in [1.807, 2.05) is 11.6 Å². The summed E-state index contributed by atoms with van der Waals surface area (Å²) in [5.41, 5.74) is 0.488. The molecule has 3 rings (SSSR count). The molecule has 7 nitrogen and oxygen atoms in total. The molecule has 0 aliphatic carbocycles. The van der Waals surface area contributed by atoms with Crippen molar-refractivity contribution in [1.82, 2.24) is 25.4 Å². The zero-order valence-electron chi connectivity index (χ0n) is 15.2. The first-order valence-corrected chi connectivity index (χ1v) is 9.07. The van der Waals surface area contributed by atoms with Gasteiger partial charge in [-0.1, -0.05) is 11.6 Å². The summed E-state index contributed by atoms with van der Waals surface area (Å²) in [5.74, 6) is 1.63. The predicted octanol–water partition coefficient (Wildman–Crippen LogP) is 3.22. The lowest BCUT2D eigenvalue weighted by molar-refractivity contribution is -0.0504. The maximum absolute atomic E-state index is 12.6. The second-order valence-electron chi connectivity index (χ2n) is 6.06. The third-order valence-electron chi connectivity index (χ3n) is 4.14. The van der Waals surface area contributed by atoms with Crippen LogP contribution in [0.2, 0.25) is 5.02 Å². The van der Waals surface area contributed by atoms with Crippen LogP contribution in [0.5, 0.6) is 5.75 Å². The molecule has 1 aliphatic heterocycles. The summed E-state index contributed by atoms with van der Waals surface area (Å²) in [6, 6.07) is 4.66. The number of hydrogen-bond acceptors (Lipinski definition) is 4. The van der Waals surface area contributed by atoms with Crippen molar-refractivity contribution in [3.63, 3.8) is 0 Å². The maximum atomic E-state index is 12.6. The van der Waals surface area contributed by atoms with Crippen LogP contribution < -0.4 is 15.4 Å². The fraction of sp³-hybridized carbons (Fsp3) is 0.471. The molecule has 1 unspecified atom stereocenters. The van der Waals surface area contributed by atoms with Gasteiger partial charge in [-0.2, -0.15) is 13.9 Å². The first-order chi connectivity index (χ1) is 13.0. The van der Waals surface area contributed by atoms with E-state index >= 15 is 0 Å². The Hall–Kier alpha value is -1.69. The Morgan fingerprint density at radius 2 is 2.29 bits per heavy atom. The van der Waals surface area contributed by atoms with Crippen LogP contribution in [-0.2, 0) is 19.5 Å². The van der Waals surface area contributed by atoms with Crippen molar-refractivity contribution < 1.29 is 13.5 Å². The zero-order chi connectivity index (χ0) is 19.2. The van der Waals surface area contributed by atoms with E-state index in [0.717, 1.165) is 18.7 Å². The van der Waals surface area contributed by atoms with Gasteiger partial charge >= 0.3 is 6.61 Å². The number of fused-ring (bicyclic) bond motifs is 1. The van der Waals surface area contributed by atoms with Gasteiger partial charge in [-0.05, 0) is 31.5 Å². The Morgan fingerprint density at radius 3 is 3.04 bits per heavy atom. The molecule has 0 spiro atoms. The third kappa shape index (κ3) is 6.16. The zero-order valence-corrected chi connectivity index (χ0v) is 18.3. The van der Waals surface area contributed by atoms with E-state index in [-0.39, 0.29) is 42.3 Å². The van der Waals surface area contributed by atoms with Crippen LogP contribution in [0, 0.1) is 0 Å². The Labute approximate surface area is 183 Å². The van der Waals surface area contributed by atoms with Crippen LogP contribution in [0.15, 0.2) is 29.5 Å². The molecule has 2 aromatic rings. The highest BCUT2D eigenvalue weighted by Gasteiger charge is 2.20. The van der Waals surface area contributed by atoms with Crippen molar-refractivity contribution in [1.29, 1.82) is 0 Å². The topological polar surface area (TPSA) is 76.4 Å². The first-order valence-electron chi connectivity index (χ1n) is 8.70. The van der Waals surface area contributed by atoms with Crippen LogP contribution in [0.4, 0.5) is 8.78 Å². The fourth-order valence-corrected chi connectivity index (χ4v) is 3.11. The minimum absolute atomic E-state index is 0. The molecule has 1 aromatic heterocycles. The summed E-state index contributed by atoms with van der Waals surface area (Å²) in [4.78, 5) is 8.71. The molecule has 0 saturated heterocycles. The van der Waals surface area contributed by atoms with E-state index in [1.165, 1.54) is 12.1 Å². The summed E-state index contributed by atoms with van der Waals surface area (Å²) in [5, 5.41) is 11.2. The van der Waals surface area contributed by atoms with Crippen LogP contribution >= 0.6 is 35.6 Å². The van der Waals surface area contributed by atoms with E-state index in [9.17, 15) is 8.78 Å². The highest BCUT2D eigenvalue weighted by atomic mass is 127. The van der Waals surface area contributed by atoms with Gasteiger partial charge < -0.3 is 15.4 Å². The second kappa shape index (κ2) is 10.7. The summed E-state index contributed by atoms with van der Waals surface area (Å²) in [7, 11) is 0. The molecule has 154 valence electrons. The first kappa shape index (κ1) is 22.6. The molecular formula is C17H22ClF2IN6O.